The number of hydrogen-bond acceptors (Lipinski definition) is 6. The number of carbonyl (C=O) groups is 1. The second-order valence-electron chi connectivity index (χ2n) is 8.74. The lowest BCUT2D eigenvalue weighted by molar-refractivity contribution is 0.112. The summed E-state index contributed by atoms with van der Waals surface area (Å²) in [6.07, 6.45) is 8.45. The minimum Gasteiger partial charge on any atom is -0.351 e. The van der Waals surface area contributed by atoms with Crippen LogP contribution < -0.4 is 10.9 Å². The molecule has 1 aliphatic carbocycles. The number of nitrogens with zero attached hydrogens (tertiary/aromatic N) is 4. The van der Waals surface area contributed by atoms with Crippen LogP contribution in [0, 0.1) is 0 Å². The first-order valence-electron chi connectivity index (χ1n) is 11.5. The van der Waals surface area contributed by atoms with Gasteiger partial charge in [-0.2, -0.15) is 4.98 Å². The van der Waals surface area contributed by atoms with Crippen molar-refractivity contribution in [3.63, 3.8) is 0 Å². The van der Waals surface area contributed by atoms with E-state index in [1.54, 1.807) is 42.6 Å². The average Bonchev–Trinajstić information content (AvgIpc) is 3.38. The zero-order valence-electron chi connectivity index (χ0n) is 18.4. The van der Waals surface area contributed by atoms with Crippen LogP contribution in [0.15, 0.2) is 52.3 Å². The summed E-state index contributed by atoms with van der Waals surface area (Å²) in [7, 11) is -1.29. The van der Waals surface area contributed by atoms with Crippen LogP contribution in [-0.4, -0.2) is 48.5 Å². The largest absolute Gasteiger partial charge is 0.351 e. The van der Waals surface area contributed by atoms with E-state index >= 15 is 0 Å². The lowest BCUT2D eigenvalue weighted by atomic mass is 10.1. The van der Waals surface area contributed by atoms with E-state index in [1.165, 1.54) is 0 Å². The highest BCUT2D eigenvalue weighted by atomic mass is 32.2. The van der Waals surface area contributed by atoms with Gasteiger partial charge >= 0.3 is 0 Å². The Balaban J connectivity index is 1.28. The van der Waals surface area contributed by atoms with Crippen LogP contribution in [-0.2, 0) is 11.0 Å². The minimum absolute atomic E-state index is 0.00603. The quantitative estimate of drug-likeness (QED) is 0.561. The number of hydrogen-bond donors (Lipinski definition) is 1. The molecule has 5 rings (SSSR count). The number of benzene rings is 1. The number of rotatable bonds is 6. The van der Waals surface area contributed by atoms with Gasteiger partial charge in [0.2, 0.25) is 5.95 Å². The number of anilines is 1. The molecule has 9 heteroatoms. The van der Waals surface area contributed by atoms with Gasteiger partial charge in [0, 0.05) is 48.4 Å². The zero-order valence-corrected chi connectivity index (χ0v) is 19.2. The number of carbonyl (C=O) groups excluding carboxylic acids is 1. The third-order valence-electron chi connectivity index (χ3n) is 6.57. The van der Waals surface area contributed by atoms with Crippen molar-refractivity contribution in [3.8, 4) is 0 Å². The Labute approximate surface area is 194 Å². The molecule has 0 bridgehead atoms. The maximum atomic E-state index is 12.9. The smallest absolute Gasteiger partial charge is 0.252 e. The van der Waals surface area contributed by atoms with Crippen LogP contribution in [0.25, 0.3) is 11.0 Å². The van der Waals surface area contributed by atoms with Gasteiger partial charge in [0.05, 0.1) is 4.90 Å². The molecule has 1 aliphatic heterocycles. The summed E-state index contributed by atoms with van der Waals surface area (Å²) in [5.74, 6) is 0.526. The Morgan fingerprint density at radius 2 is 1.85 bits per heavy atom. The molecule has 0 amide bonds. The Hall–Kier alpha value is -2.91. The van der Waals surface area contributed by atoms with Gasteiger partial charge in [0.15, 0.2) is 0 Å². The summed E-state index contributed by atoms with van der Waals surface area (Å²) in [5.41, 5.74) is 1.22. The molecule has 1 saturated heterocycles. The van der Waals surface area contributed by atoms with Gasteiger partial charge in [0.1, 0.15) is 22.9 Å². The number of aldehydes is 1. The Bertz CT molecular complexity index is 1250. The van der Waals surface area contributed by atoms with Crippen molar-refractivity contribution in [2.75, 3.05) is 18.4 Å². The van der Waals surface area contributed by atoms with E-state index in [9.17, 15) is 13.8 Å². The van der Waals surface area contributed by atoms with Crippen LogP contribution >= 0.6 is 0 Å². The molecule has 2 aromatic heterocycles. The molecule has 1 atom stereocenters. The molecule has 33 heavy (non-hydrogen) atoms. The van der Waals surface area contributed by atoms with Crippen molar-refractivity contribution >= 4 is 34.3 Å². The minimum atomic E-state index is -1.29. The maximum Gasteiger partial charge on any atom is 0.252 e. The van der Waals surface area contributed by atoms with E-state index in [0.29, 0.717) is 35.1 Å². The number of piperidine rings is 1. The van der Waals surface area contributed by atoms with Crippen molar-refractivity contribution in [2.24, 2.45) is 0 Å². The SMILES string of the molecule is O=Cc1cccc(S(=O)N2CCC(Nc3ncc4ccc(=O)n(C5CCCC5)c4n3)CC2)c1. The summed E-state index contributed by atoms with van der Waals surface area (Å²) in [6.45, 7) is 1.33. The van der Waals surface area contributed by atoms with E-state index in [-0.39, 0.29) is 17.6 Å². The predicted molar refractivity (Wildman–Crippen MR) is 128 cm³/mol. The summed E-state index contributed by atoms with van der Waals surface area (Å²) in [5, 5.41) is 4.29. The van der Waals surface area contributed by atoms with Gasteiger partial charge < -0.3 is 5.32 Å². The normalized spacial score (nSPS) is 19.0. The van der Waals surface area contributed by atoms with Gasteiger partial charge in [-0.15, -0.1) is 0 Å². The lowest BCUT2D eigenvalue weighted by Gasteiger charge is -2.31. The van der Waals surface area contributed by atoms with E-state index in [2.05, 4.69) is 10.3 Å². The third-order valence-corrected chi connectivity index (χ3v) is 8.07. The van der Waals surface area contributed by atoms with Crippen LogP contribution in [0.3, 0.4) is 0 Å². The third kappa shape index (κ3) is 4.60. The van der Waals surface area contributed by atoms with Gasteiger partial charge in [-0.05, 0) is 43.9 Å². The summed E-state index contributed by atoms with van der Waals surface area (Å²) < 4.78 is 16.7. The van der Waals surface area contributed by atoms with Crippen molar-refractivity contribution in [3.05, 3.63) is 58.5 Å². The van der Waals surface area contributed by atoms with E-state index < -0.39 is 11.0 Å². The number of aromatic nitrogens is 3. The van der Waals surface area contributed by atoms with Crippen molar-refractivity contribution in [2.45, 2.75) is 55.5 Å². The van der Waals surface area contributed by atoms with Crippen molar-refractivity contribution in [1.29, 1.82) is 0 Å². The first-order chi connectivity index (χ1) is 16.1. The molecule has 1 unspecified atom stereocenters. The molecule has 172 valence electrons. The average molecular weight is 466 g/mol. The fourth-order valence-corrected chi connectivity index (χ4v) is 6.09. The fourth-order valence-electron chi connectivity index (χ4n) is 4.82. The zero-order chi connectivity index (χ0) is 22.8. The van der Waals surface area contributed by atoms with Crippen LogP contribution in [0.5, 0.6) is 0 Å². The first-order valence-corrected chi connectivity index (χ1v) is 12.6. The van der Waals surface area contributed by atoms with Crippen molar-refractivity contribution in [1.82, 2.24) is 18.8 Å². The molecule has 1 saturated carbocycles. The Morgan fingerprint density at radius 1 is 1.06 bits per heavy atom. The second-order valence-corrected chi connectivity index (χ2v) is 10.2. The van der Waals surface area contributed by atoms with E-state index in [4.69, 9.17) is 4.98 Å². The van der Waals surface area contributed by atoms with Gasteiger partial charge in [-0.3, -0.25) is 14.2 Å². The molecular weight excluding hydrogens is 438 g/mol. The molecular formula is C24H27N5O3S. The van der Waals surface area contributed by atoms with Crippen LogP contribution in [0.4, 0.5) is 5.95 Å². The topological polar surface area (TPSA) is 97.2 Å². The number of pyridine rings is 1. The second kappa shape index (κ2) is 9.52. The number of nitrogens with one attached hydrogen (secondary N) is 1. The highest BCUT2D eigenvalue weighted by Gasteiger charge is 2.25. The molecule has 2 fully saturated rings. The Morgan fingerprint density at radius 3 is 2.61 bits per heavy atom. The van der Waals surface area contributed by atoms with E-state index in [0.717, 1.165) is 50.2 Å². The molecule has 8 nitrogen and oxygen atoms in total. The van der Waals surface area contributed by atoms with Gasteiger partial charge in [0.25, 0.3) is 5.56 Å². The molecule has 1 aromatic carbocycles. The molecule has 3 aromatic rings. The molecule has 1 N–H and O–H groups in total. The number of fused-ring (bicyclic) bond motifs is 1. The standard InChI is InChI=1S/C24H27N5O3S/c30-16-17-4-3-7-21(14-17)33(32)28-12-10-19(11-13-28)26-24-25-15-18-8-9-22(31)29(23(18)27-24)20-5-1-2-6-20/h3-4,7-9,14-16,19-20H,1-2,5-6,10-13H2,(H,25,26,27). The highest BCUT2D eigenvalue weighted by Crippen LogP contribution is 2.30. The van der Waals surface area contributed by atoms with Gasteiger partial charge in [-0.1, -0.05) is 25.0 Å². The fraction of sp³-hybridized carbons (Fsp3) is 0.417. The van der Waals surface area contributed by atoms with E-state index in [1.807, 2.05) is 8.87 Å². The van der Waals surface area contributed by atoms with Crippen LogP contribution in [0.2, 0.25) is 0 Å². The summed E-state index contributed by atoms with van der Waals surface area (Å²) in [4.78, 5) is 33.5. The highest BCUT2D eigenvalue weighted by molar-refractivity contribution is 7.82. The monoisotopic (exact) mass is 465 g/mol. The summed E-state index contributed by atoms with van der Waals surface area (Å²) >= 11 is 0. The first kappa shape index (κ1) is 21.9. The lowest BCUT2D eigenvalue weighted by Crippen LogP contribution is -2.40. The van der Waals surface area contributed by atoms with Gasteiger partial charge in [-0.25, -0.2) is 13.5 Å². The maximum absolute atomic E-state index is 12.9. The molecule has 2 aliphatic rings. The predicted octanol–water partition coefficient (Wildman–Crippen LogP) is 3.32. The van der Waals surface area contributed by atoms with Crippen LogP contribution in [0.1, 0.15) is 54.9 Å². The Kier molecular flexibility index (Phi) is 6.32. The molecule has 0 spiro atoms. The van der Waals surface area contributed by atoms with Crippen molar-refractivity contribution < 1.29 is 9.00 Å². The molecule has 3 heterocycles. The summed E-state index contributed by atoms with van der Waals surface area (Å²) in [6, 6.07) is 10.7. The molecule has 0 radical (unpaired) electrons.